The number of rotatable bonds is 4. The van der Waals surface area contributed by atoms with Crippen LogP contribution in [0.15, 0.2) is 66.9 Å². The van der Waals surface area contributed by atoms with E-state index in [1.807, 2.05) is 30.3 Å². The third-order valence-corrected chi connectivity index (χ3v) is 4.40. The van der Waals surface area contributed by atoms with Crippen molar-refractivity contribution in [3.63, 3.8) is 0 Å². The Labute approximate surface area is 159 Å². The first-order chi connectivity index (χ1) is 13.5. The van der Waals surface area contributed by atoms with Crippen LogP contribution in [0.2, 0.25) is 0 Å². The lowest BCUT2D eigenvalue weighted by molar-refractivity contribution is -0.384. The average Bonchev–Trinajstić information content (AvgIpc) is 3.10. The van der Waals surface area contributed by atoms with E-state index in [-0.39, 0.29) is 23.2 Å². The average molecular weight is 376 g/mol. The molecule has 28 heavy (non-hydrogen) atoms. The molecule has 1 aliphatic rings. The zero-order valence-corrected chi connectivity index (χ0v) is 14.7. The van der Waals surface area contributed by atoms with Crippen LogP contribution in [-0.2, 0) is 0 Å². The van der Waals surface area contributed by atoms with Gasteiger partial charge in [0.05, 0.1) is 11.0 Å². The van der Waals surface area contributed by atoms with Crippen LogP contribution in [0.3, 0.4) is 0 Å². The number of nitrogens with one attached hydrogen (secondary N) is 2. The lowest BCUT2D eigenvalue weighted by Gasteiger charge is -2.26. The fourth-order valence-electron chi connectivity index (χ4n) is 3.05. The van der Waals surface area contributed by atoms with Gasteiger partial charge < -0.3 is 5.32 Å². The molecule has 0 saturated carbocycles. The van der Waals surface area contributed by atoms with Crippen molar-refractivity contribution < 1.29 is 9.72 Å². The molecule has 1 aliphatic heterocycles. The Morgan fingerprint density at radius 2 is 1.93 bits per heavy atom. The molecule has 1 atom stereocenters. The summed E-state index contributed by atoms with van der Waals surface area (Å²) in [6.07, 6.45) is 0.649. The predicted octanol–water partition coefficient (Wildman–Crippen LogP) is 3.36. The Morgan fingerprint density at radius 3 is 2.61 bits per heavy atom. The zero-order chi connectivity index (χ0) is 19.7. The maximum atomic E-state index is 12.4. The SMILES string of the molecule is C=C1C[C@H](c2ccccc2)n2nc(NC(=O)c3ccc([N+](=O)[O-])cc3)nc2N1. The van der Waals surface area contributed by atoms with Crippen LogP contribution in [0.4, 0.5) is 17.6 Å². The molecule has 0 fully saturated rings. The molecule has 0 aliphatic carbocycles. The Morgan fingerprint density at radius 1 is 1.21 bits per heavy atom. The number of carbonyl (C=O) groups is 1. The molecule has 9 heteroatoms. The van der Waals surface area contributed by atoms with Gasteiger partial charge >= 0.3 is 0 Å². The largest absolute Gasteiger partial charge is 0.329 e. The summed E-state index contributed by atoms with van der Waals surface area (Å²) >= 11 is 0. The van der Waals surface area contributed by atoms with Gasteiger partial charge in [0.25, 0.3) is 17.5 Å². The van der Waals surface area contributed by atoms with Gasteiger partial charge in [0, 0.05) is 29.8 Å². The van der Waals surface area contributed by atoms with Crippen molar-refractivity contribution in [1.29, 1.82) is 0 Å². The van der Waals surface area contributed by atoms with Crippen LogP contribution in [-0.4, -0.2) is 25.6 Å². The first-order valence-electron chi connectivity index (χ1n) is 8.53. The smallest absolute Gasteiger partial charge is 0.269 e. The molecule has 1 aromatic heterocycles. The number of benzene rings is 2. The minimum absolute atomic E-state index is 0.0810. The number of nitro groups is 1. The zero-order valence-electron chi connectivity index (χ0n) is 14.7. The highest BCUT2D eigenvalue weighted by molar-refractivity contribution is 6.03. The molecule has 9 nitrogen and oxygen atoms in total. The molecule has 2 aromatic carbocycles. The van der Waals surface area contributed by atoms with E-state index in [4.69, 9.17) is 0 Å². The number of allylic oxidation sites excluding steroid dienone is 1. The molecule has 1 amide bonds. The lowest BCUT2D eigenvalue weighted by Crippen LogP contribution is -2.23. The number of carbonyl (C=O) groups excluding carboxylic acids is 1. The standard InChI is InChI=1S/C19H16N6O3/c1-12-11-16(13-5-3-2-4-6-13)24-19(20-12)22-18(23-24)21-17(26)14-7-9-15(10-8-14)25(27)28/h2-10,16H,1,11H2,(H2,20,21,22,23,26)/t16-/m1/s1. The molecule has 0 spiro atoms. The summed E-state index contributed by atoms with van der Waals surface area (Å²) in [5, 5.41) is 20.9. The van der Waals surface area contributed by atoms with Crippen LogP contribution in [0, 0.1) is 10.1 Å². The van der Waals surface area contributed by atoms with Crippen molar-refractivity contribution >= 4 is 23.5 Å². The summed E-state index contributed by atoms with van der Waals surface area (Å²) < 4.78 is 1.72. The summed E-state index contributed by atoms with van der Waals surface area (Å²) in [5.74, 6) is 0.179. The summed E-state index contributed by atoms with van der Waals surface area (Å²) in [7, 11) is 0. The van der Waals surface area contributed by atoms with E-state index in [1.165, 1.54) is 24.3 Å². The highest BCUT2D eigenvalue weighted by Gasteiger charge is 2.27. The van der Waals surface area contributed by atoms with Crippen LogP contribution >= 0.6 is 0 Å². The number of hydrogen-bond donors (Lipinski definition) is 2. The number of fused-ring (bicyclic) bond motifs is 1. The molecule has 2 heterocycles. The van der Waals surface area contributed by atoms with Crippen LogP contribution in [0.1, 0.15) is 28.4 Å². The van der Waals surface area contributed by atoms with Crippen LogP contribution in [0.5, 0.6) is 0 Å². The molecule has 0 unspecified atom stereocenters. The second-order valence-electron chi connectivity index (χ2n) is 6.32. The molecule has 2 N–H and O–H groups in total. The molecular weight excluding hydrogens is 360 g/mol. The highest BCUT2D eigenvalue weighted by Crippen LogP contribution is 2.32. The van der Waals surface area contributed by atoms with Gasteiger partial charge in [0.2, 0.25) is 5.95 Å². The summed E-state index contributed by atoms with van der Waals surface area (Å²) in [5.41, 5.74) is 2.06. The van der Waals surface area contributed by atoms with E-state index in [1.54, 1.807) is 4.68 Å². The second-order valence-corrected chi connectivity index (χ2v) is 6.32. The Hall–Kier alpha value is -4.01. The number of nitro benzene ring substituents is 1. The van der Waals surface area contributed by atoms with Crippen molar-refractivity contribution in [2.24, 2.45) is 0 Å². The van der Waals surface area contributed by atoms with E-state index in [2.05, 4.69) is 27.3 Å². The molecule has 0 bridgehead atoms. The maximum Gasteiger partial charge on any atom is 0.269 e. The third-order valence-electron chi connectivity index (χ3n) is 4.40. The van der Waals surface area contributed by atoms with Crippen molar-refractivity contribution in [3.05, 3.63) is 88.1 Å². The third kappa shape index (κ3) is 3.32. The molecule has 0 radical (unpaired) electrons. The Balaban J connectivity index is 1.58. The van der Waals surface area contributed by atoms with Crippen molar-refractivity contribution in [3.8, 4) is 0 Å². The normalized spacial score (nSPS) is 15.4. The first-order valence-corrected chi connectivity index (χ1v) is 8.53. The van der Waals surface area contributed by atoms with Gasteiger partial charge in [0.15, 0.2) is 0 Å². The van der Waals surface area contributed by atoms with Gasteiger partial charge in [-0.2, -0.15) is 4.98 Å². The minimum atomic E-state index is -0.519. The minimum Gasteiger partial charge on any atom is -0.329 e. The maximum absolute atomic E-state index is 12.4. The Bertz CT molecular complexity index is 1060. The van der Waals surface area contributed by atoms with Crippen LogP contribution < -0.4 is 10.6 Å². The van der Waals surface area contributed by atoms with Crippen molar-refractivity contribution in [2.45, 2.75) is 12.5 Å². The Kier molecular flexibility index (Phi) is 4.32. The lowest BCUT2D eigenvalue weighted by atomic mass is 10.0. The summed E-state index contributed by atoms with van der Waals surface area (Å²) in [4.78, 5) is 27.0. The van der Waals surface area contributed by atoms with Gasteiger partial charge in [-0.3, -0.25) is 20.2 Å². The second kappa shape index (κ2) is 6.95. The molecule has 140 valence electrons. The predicted molar refractivity (Wildman–Crippen MR) is 103 cm³/mol. The number of amides is 1. The fourth-order valence-corrected chi connectivity index (χ4v) is 3.05. The number of nitrogens with zero attached hydrogens (tertiary/aromatic N) is 4. The van der Waals surface area contributed by atoms with E-state index < -0.39 is 10.8 Å². The number of hydrogen-bond acceptors (Lipinski definition) is 6. The van der Waals surface area contributed by atoms with Gasteiger partial charge in [-0.1, -0.05) is 36.9 Å². The fraction of sp³-hybridized carbons (Fsp3) is 0.105. The summed E-state index contributed by atoms with van der Waals surface area (Å²) in [6.45, 7) is 3.99. The molecule has 0 saturated heterocycles. The topological polar surface area (TPSA) is 115 Å². The first kappa shape index (κ1) is 17.4. The van der Waals surface area contributed by atoms with Gasteiger partial charge in [-0.25, -0.2) is 4.68 Å². The highest BCUT2D eigenvalue weighted by atomic mass is 16.6. The number of anilines is 2. The van der Waals surface area contributed by atoms with Gasteiger partial charge in [0.1, 0.15) is 0 Å². The van der Waals surface area contributed by atoms with E-state index in [9.17, 15) is 14.9 Å². The molecule has 3 aromatic rings. The van der Waals surface area contributed by atoms with E-state index in [0.717, 1.165) is 11.3 Å². The van der Waals surface area contributed by atoms with E-state index in [0.29, 0.717) is 12.4 Å². The van der Waals surface area contributed by atoms with Crippen molar-refractivity contribution in [2.75, 3.05) is 10.6 Å². The summed E-state index contributed by atoms with van der Waals surface area (Å²) in [6, 6.07) is 15.1. The molecule has 4 rings (SSSR count). The monoisotopic (exact) mass is 376 g/mol. The van der Waals surface area contributed by atoms with Gasteiger partial charge in [-0.05, 0) is 17.7 Å². The van der Waals surface area contributed by atoms with Crippen LogP contribution in [0.25, 0.3) is 0 Å². The molecular formula is C19H16N6O3. The van der Waals surface area contributed by atoms with E-state index >= 15 is 0 Å². The number of aromatic nitrogens is 3. The number of non-ortho nitro benzene ring substituents is 1. The van der Waals surface area contributed by atoms with Gasteiger partial charge in [-0.15, -0.1) is 5.10 Å². The van der Waals surface area contributed by atoms with Crippen molar-refractivity contribution in [1.82, 2.24) is 14.8 Å². The quantitative estimate of drug-likeness (QED) is 0.533.